The number of benzene rings is 1. The van der Waals surface area contributed by atoms with Gasteiger partial charge in [-0.05, 0) is 30.7 Å². The Morgan fingerprint density at radius 2 is 1.89 bits per heavy atom. The summed E-state index contributed by atoms with van der Waals surface area (Å²) in [5, 5.41) is 8.54. The molecule has 18 heavy (non-hydrogen) atoms. The molecule has 0 aliphatic heterocycles. The highest BCUT2D eigenvalue weighted by molar-refractivity contribution is 6.30. The van der Waals surface area contributed by atoms with Crippen LogP contribution >= 0.6 is 11.6 Å². The average molecular weight is 274 g/mol. The predicted molar refractivity (Wildman–Crippen MR) is 68.7 cm³/mol. The van der Waals surface area contributed by atoms with E-state index in [4.69, 9.17) is 27.2 Å². The van der Waals surface area contributed by atoms with E-state index in [1.54, 1.807) is 24.3 Å². The topological polar surface area (TPSA) is 89.6 Å². The van der Waals surface area contributed by atoms with Crippen molar-refractivity contribution in [1.82, 2.24) is 0 Å². The number of carbonyl (C=O) groups is 2. The second kappa shape index (κ2) is 9.30. The van der Waals surface area contributed by atoms with Crippen LogP contribution in [0.4, 0.5) is 0 Å². The van der Waals surface area contributed by atoms with Crippen molar-refractivity contribution in [3.8, 4) is 5.75 Å². The molecule has 0 spiro atoms. The van der Waals surface area contributed by atoms with Gasteiger partial charge in [0.2, 0.25) is 0 Å². The molecule has 0 heterocycles. The summed E-state index contributed by atoms with van der Waals surface area (Å²) in [4.78, 5) is 19.9. The van der Waals surface area contributed by atoms with Gasteiger partial charge in [-0.3, -0.25) is 9.59 Å². The number of primary amides is 1. The fraction of sp³-hybridized carbons (Fsp3) is 0.333. The van der Waals surface area contributed by atoms with Crippen molar-refractivity contribution in [3.63, 3.8) is 0 Å². The third kappa shape index (κ3) is 9.47. The summed E-state index contributed by atoms with van der Waals surface area (Å²) in [5.41, 5.74) is 4.88. The fourth-order valence-electron chi connectivity index (χ4n) is 0.899. The van der Waals surface area contributed by atoms with Crippen LogP contribution in [0, 0.1) is 0 Å². The molecule has 1 aromatic carbocycles. The first-order valence-corrected chi connectivity index (χ1v) is 5.72. The number of hydrogen-bond donors (Lipinski definition) is 2. The number of amides is 1. The van der Waals surface area contributed by atoms with E-state index in [2.05, 4.69) is 0 Å². The first-order valence-electron chi connectivity index (χ1n) is 5.34. The lowest BCUT2D eigenvalue weighted by atomic mass is 10.3. The first-order chi connectivity index (χ1) is 8.45. The van der Waals surface area contributed by atoms with Crippen LogP contribution in [0.5, 0.6) is 5.75 Å². The first kappa shape index (κ1) is 16.2. The number of nitrogens with two attached hydrogens (primary N) is 1. The normalized spacial score (nSPS) is 9.00. The molecule has 6 heteroatoms. The lowest BCUT2D eigenvalue weighted by Crippen LogP contribution is -2.19. The number of aliphatic carboxylic acids is 1. The summed E-state index contributed by atoms with van der Waals surface area (Å²) in [6, 6.07) is 6.70. The van der Waals surface area contributed by atoms with Gasteiger partial charge in [-0.1, -0.05) is 18.5 Å². The van der Waals surface area contributed by atoms with E-state index < -0.39 is 11.9 Å². The largest absolute Gasteiger partial charge is 0.484 e. The second-order valence-electron chi connectivity index (χ2n) is 3.35. The molecule has 0 aromatic heterocycles. The Kier molecular flexibility index (Phi) is 8.39. The molecule has 0 bridgehead atoms. The number of carbonyl (C=O) groups excluding carboxylic acids is 1. The molecule has 0 aliphatic carbocycles. The molecule has 3 N–H and O–H groups in total. The van der Waals surface area contributed by atoms with Gasteiger partial charge in [-0.2, -0.15) is 0 Å². The summed E-state index contributed by atoms with van der Waals surface area (Å²) in [6.45, 7) is 1.73. The molecule has 1 amide bonds. The minimum absolute atomic E-state index is 0.109. The molecule has 1 aromatic rings. The molecule has 0 saturated heterocycles. The summed E-state index contributed by atoms with van der Waals surface area (Å²) < 4.78 is 4.99. The van der Waals surface area contributed by atoms with Crippen LogP contribution in [0.25, 0.3) is 0 Å². The van der Waals surface area contributed by atoms with Crippen molar-refractivity contribution in [3.05, 3.63) is 29.3 Å². The van der Waals surface area contributed by atoms with Crippen molar-refractivity contribution >= 4 is 23.5 Å². The van der Waals surface area contributed by atoms with Crippen LogP contribution in [-0.2, 0) is 9.59 Å². The zero-order chi connectivity index (χ0) is 14.0. The zero-order valence-electron chi connectivity index (χ0n) is 10.1. The molecule has 0 saturated carbocycles. The molecule has 1 rings (SSSR count). The molecule has 100 valence electrons. The van der Waals surface area contributed by atoms with E-state index in [1.807, 2.05) is 6.92 Å². The third-order valence-corrected chi connectivity index (χ3v) is 1.91. The zero-order valence-corrected chi connectivity index (χ0v) is 10.8. The highest BCUT2D eigenvalue weighted by atomic mass is 35.5. The number of hydrogen-bond acceptors (Lipinski definition) is 3. The summed E-state index contributed by atoms with van der Waals surface area (Å²) in [7, 11) is 0. The maximum Gasteiger partial charge on any atom is 0.303 e. The van der Waals surface area contributed by atoms with Gasteiger partial charge >= 0.3 is 5.97 Å². The number of ether oxygens (including phenoxy) is 1. The second-order valence-corrected chi connectivity index (χ2v) is 3.79. The van der Waals surface area contributed by atoms with Gasteiger partial charge in [0, 0.05) is 11.4 Å². The lowest BCUT2D eigenvalue weighted by molar-refractivity contribution is -0.137. The third-order valence-electron chi connectivity index (χ3n) is 1.66. The predicted octanol–water partition coefficient (Wildman–Crippen LogP) is 2.08. The van der Waals surface area contributed by atoms with Crippen molar-refractivity contribution in [2.75, 3.05) is 6.61 Å². The smallest absolute Gasteiger partial charge is 0.303 e. The molecule has 0 atom stereocenters. The van der Waals surface area contributed by atoms with Crippen molar-refractivity contribution in [1.29, 1.82) is 0 Å². The van der Waals surface area contributed by atoms with Crippen molar-refractivity contribution in [2.45, 2.75) is 19.8 Å². The van der Waals surface area contributed by atoms with Gasteiger partial charge in [-0.25, -0.2) is 0 Å². The average Bonchev–Trinajstić information content (AvgIpc) is 2.29. The van der Waals surface area contributed by atoms with Gasteiger partial charge < -0.3 is 15.6 Å². The highest BCUT2D eigenvalue weighted by Gasteiger charge is 1.96. The molecule has 0 fully saturated rings. The van der Waals surface area contributed by atoms with Crippen LogP contribution in [0.1, 0.15) is 19.8 Å². The Labute approximate surface area is 111 Å². The summed E-state index contributed by atoms with van der Waals surface area (Å²) in [5.74, 6) is -0.624. The Hall–Kier alpha value is -1.75. The van der Waals surface area contributed by atoms with E-state index in [9.17, 15) is 9.59 Å². The Bertz CT molecular complexity index is 378. The standard InChI is InChI=1S/C8H8ClNO2.C4H8O2/c9-6-1-3-7(4-2-6)12-5-8(10)11;1-2-3-4(5)6/h1-4H,5H2,(H2,10,11);2-3H2,1H3,(H,5,6). The quantitative estimate of drug-likeness (QED) is 0.859. The molecule has 5 nitrogen and oxygen atoms in total. The number of carboxylic acids is 1. The number of rotatable bonds is 5. The molecular formula is C12H16ClNO4. The van der Waals surface area contributed by atoms with Gasteiger partial charge in [0.1, 0.15) is 5.75 Å². The van der Waals surface area contributed by atoms with E-state index in [0.29, 0.717) is 17.2 Å². The molecule has 0 radical (unpaired) electrons. The van der Waals surface area contributed by atoms with E-state index in [0.717, 1.165) is 6.42 Å². The maximum absolute atomic E-state index is 10.3. The van der Waals surface area contributed by atoms with E-state index in [-0.39, 0.29) is 6.61 Å². The van der Waals surface area contributed by atoms with Gasteiger partial charge in [-0.15, -0.1) is 0 Å². The van der Waals surface area contributed by atoms with Crippen LogP contribution < -0.4 is 10.5 Å². The Balaban J connectivity index is 0.000000411. The number of carboxylic acid groups (broad SMARTS) is 1. The summed E-state index contributed by atoms with van der Waals surface area (Å²) in [6.07, 6.45) is 1.02. The van der Waals surface area contributed by atoms with Crippen LogP contribution in [0.2, 0.25) is 5.02 Å². The lowest BCUT2D eigenvalue weighted by Gasteiger charge is -2.02. The van der Waals surface area contributed by atoms with Gasteiger partial charge in [0.15, 0.2) is 6.61 Å². The monoisotopic (exact) mass is 273 g/mol. The minimum atomic E-state index is -0.711. The molecular weight excluding hydrogens is 258 g/mol. The Morgan fingerprint density at radius 3 is 2.22 bits per heavy atom. The van der Waals surface area contributed by atoms with E-state index in [1.165, 1.54) is 0 Å². The molecule has 0 aliphatic rings. The van der Waals surface area contributed by atoms with Crippen molar-refractivity contribution in [2.24, 2.45) is 5.73 Å². The van der Waals surface area contributed by atoms with Crippen LogP contribution in [0.3, 0.4) is 0 Å². The highest BCUT2D eigenvalue weighted by Crippen LogP contribution is 2.14. The van der Waals surface area contributed by atoms with Crippen LogP contribution in [-0.4, -0.2) is 23.6 Å². The van der Waals surface area contributed by atoms with Gasteiger partial charge in [0.25, 0.3) is 5.91 Å². The van der Waals surface area contributed by atoms with Crippen LogP contribution in [0.15, 0.2) is 24.3 Å². The SMILES string of the molecule is CCCC(=O)O.NC(=O)COc1ccc(Cl)cc1. The fourth-order valence-corrected chi connectivity index (χ4v) is 1.03. The number of halogens is 1. The molecule has 0 unspecified atom stereocenters. The van der Waals surface area contributed by atoms with E-state index >= 15 is 0 Å². The van der Waals surface area contributed by atoms with Gasteiger partial charge in [0.05, 0.1) is 0 Å². The minimum Gasteiger partial charge on any atom is -0.484 e. The van der Waals surface area contributed by atoms with Crippen molar-refractivity contribution < 1.29 is 19.4 Å². The Morgan fingerprint density at radius 1 is 1.33 bits per heavy atom. The summed E-state index contributed by atoms with van der Waals surface area (Å²) >= 11 is 5.63. The maximum atomic E-state index is 10.3.